The van der Waals surface area contributed by atoms with Crippen LogP contribution in [-0.4, -0.2) is 31.8 Å². The highest BCUT2D eigenvalue weighted by Gasteiger charge is 2.34. The van der Waals surface area contributed by atoms with Gasteiger partial charge in [0.2, 0.25) is 0 Å². The van der Waals surface area contributed by atoms with E-state index in [1.807, 2.05) is 31.2 Å². The van der Waals surface area contributed by atoms with Crippen LogP contribution in [0, 0.1) is 0 Å². The Balaban J connectivity index is 2.74. The first-order chi connectivity index (χ1) is 9.95. The third-order valence-electron chi connectivity index (χ3n) is 3.89. The highest BCUT2D eigenvalue weighted by molar-refractivity contribution is 5.80. The zero-order valence-corrected chi connectivity index (χ0v) is 13.7. The van der Waals surface area contributed by atoms with Crippen molar-refractivity contribution < 1.29 is 14.3 Å². The van der Waals surface area contributed by atoms with Gasteiger partial charge >= 0.3 is 5.97 Å². The highest BCUT2D eigenvalue weighted by atomic mass is 16.5. The molecule has 1 aromatic carbocycles. The molecule has 0 aliphatic carbocycles. The largest absolute Gasteiger partial charge is 0.497 e. The first kappa shape index (κ1) is 17.5. The number of aryl methyl sites for hydroxylation is 1. The molecule has 1 rings (SSSR count). The highest BCUT2D eigenvalue weighted by Crippen LogP contribution is 2.19. The van der Waals surface area contributed by atoms with Gasteiger partial charge in [0.15, 0.2) is 0 Å². The fourth-order valence-corrected chi connectivity index (χ4v) is 2.29. The zero-order valence-electron chi connectivity index (χ0n) is 13.7. The molecule has 0 saturated carbocycles. The van der Waals surface area contributed by atoms with Gasteiger partial charge in [-0.05, 0) is 50.8 Å². The average Bonchev–Trinajstić information content (AvgIpc) is 2.52. The predicted octanol–water partition coefficient (Wildman–Crippen LogP) is 2.95. The summed E-state index contributed by atoms with van der Waals surface area (Å²) in [6.07, 6.45) is 2.46. The number of ether oxygens (including phenoxy) is 2. The lowest BCUT2D eigenvalue weighted by molar-refractivity contribution is -0.148. The topological polar surface area (TPSA) is 47.6 Å². The third-order valence-corrected chi connectivity index (χ3v) is 3.89. The van der Waals surface area contributed by atoms with Crippen LogP contribution in [0.2, 0.25) is 0 Å². The van der Waals surface area contributed by atoms with Crippen LogP contribution in [0.3, 0.4) is 0 Å². The van der Waals surface area contributed by atoms with Crippen molar-refractivity contribution in [2.24, 2.45) is 0 Å². The lowest BCUT2D eigenvalue weighted by Gasteiger charge is -2.31. The lowest BCUT2D eigenvalue weighted by atomic mass is 9.92. The summed E-state index contributed by atoms with van der Waals surface area (Å²) in [5.74, 6) is 0.628. The quantitative estimate of drug-likeness (QED) is 0.749. The van der Waals surface area contributed by atoms with Crippen LogP contribution in [0.4, 0.5) is 0 Å². The SMILES string of the molecule is CCC(C)NC(C)(CCc1ccc(OC)cc1)C(=O)OC. The van der Waals surface area contributed by atoms with Crippen molar-refractivity contribution in [3.8, 4) is 5.75 Å². The molecule has 0 heterocycles. The lowest BCUT2D eigenvalue weighted by Crippen LogP contribution is -2.53. The van der Waals surface area contributed by atoms with E-state index in [2.05, 4.69) is 19.2 Å². The summed E-state index contributed by atoms with van der Waals surface area (Å²) in [6, 6.07) is 8.20. The molecule has 0 aromatic heterocycles. The molecule has 4 nitrogen and oxygen atoms in total. The zero-order chi connectivity index (χ0) is 15.9. The predicted molar refractivity (Wildman–Crippen MR) is 84.6 cm³/mol. The van der Waals surface area contributed by atoms with Crippen molar-refractivity contribution in [3.05, 3.63) is 29.8 Å². The van der Waals surface area contributed by atoms with Crippen LogP contribution in [-0.2, 0) is 16.0 Å². The summed E-state index contributed by atoms with van der Waals surface area (Å²) in [5, 5.41) is 3.39. The second-order valence-corrected chi connectivity index (χ2v) is 5.63. The summed E-state index contributed by atoms with van der Waals surface area (Å²) in [7, 11) is 3.09. The molecule has 0 amide bonds. The summed E-state index contributed by atoms with van der Waals surface area (Å²) in [6.45, 7) is 6.09. The minimum Gasteiger partial charge on any atom is -0.497 e. The van der Waals surface area contributed by atoms with E-state index in [0.29, 0.717) is 6.42 Å². The number of carbonyl (C=O) groups is 1. The molecule has 2 unspecified atom stereocenters. The normalized spacial score (nSPS) is 15.1. The van der Waals surface area contributed by atoms with E-state index in [4.69, 9.17) is 9.47 Å². The van der Waals surface area contributed by atoms with E-state index in [-0.39, 0.29) is 12.0 Å². The van der Waals surface area contributed by atoms with E-state index in [9.17, 15) is 4.79 Å². The number of benzene rings is 1. The Morgan fingerprint density at radius 2 is 1.90 bits per heavy atom. The number of esters is 1. The smallest absolute Gasteiger partial charge is 0.325 e. The molecule has 0 aliphatic heterocycles. The van der Waals surface area contributed by atoms with Crippen LogP contribution in [0.1, 0.15) is 39.2 Å². The molecule has 118 valence electrons. The molecule has 0 saturated heterocycles. The van der Waals surface area contributed by atoms with Crippen LogP contribution in [0.5, 0.6) is 5.75 Å². The van der Waals surface area contributed by atoms with Crippen molar-refractivity contribution >= 4 is 5.97 Å². The fourth-order valence-electron chi connectivity index (χ4n) is 2.29. The van der Waals surface area contributed by atoms with Crippen molar-refractivity contribution in [3.63, 3.8) is 0 Å². The van der Waals surface area contributed by atoms with Gasteiger partial charge in [-0.1, -0.05) is 19.1 Å². The monoisotopic (exact) mass is 293 g/mol. The number of hydrogen-bond acceptors (Lipinski definition) is 4. The van der Waals surface area contributed by atoms with E-state index >= 15 is 0 Å². The van der Waals surface area contributed by atoms with Crippen molar-refractivity contribution in [2.45, 2.75) is 51.6 Å². The number of hydrogen-bond donors (Lipinski definition) is 1. The maximum absolute atomic E-state index is 12.1. The second-order valence-electron chi connectivity index (χ2n) is 5.63. The number of rotatable bonds is 8. The maximum atomic E-state index is 12.1. The Morgan fingerprint density at radius 3 is 2.38 bits per heavy atom. The first-order valence-electron chi connectivity index (χ1n) is 7.44. The van der Waals surface area contributed by atoms with Gasteiger partial charge in [-0.15, -0.1) is 0 Å². The molecule has 0 bridgehead atoms. The number of nitrogens with one attached hydrogen (secondary N) is 1. The molecule has 0 spiro atoms. The molecule has 0 radical (unpaired) electrons. The van der Waals surface area contributed by atoms with Crippen LogP contribution in [0.25, 0.3) is 0 Å². The van der Waals surface area contributed by atoms with Gasteiger partial charge in [0.05, 0.1) is 14.2 Å². The van der Waals surface area contributed by atoms with Gasteiger partial charge in [0.1, 0.15) is 11.3 Å². The Kier molecular flexibility index (Phi) is 6.69. The Labute approximate surface area is 127 Å². The molecular weight excluding hydrogens is 266 g/mol. The van der Waals surface area contributed by atoms with Crippen molar-refractivity contribution in [1.29, 1.82) is 0 Å². The number of methoxy groups -OCH3 is 2. The van der Waals surface area contributed by atoms with Gasteiger partial charge in [-0.2, -0.15) is 0 Å². The maximum Gasteiger partial charge on any atom is 0.325 e. The molecule has 21 heavy (non-hydrogen) atoms. The first-order valence-corrected chi connectivity index (χ1v) is 7.44. The molecule has 1 N–H and O–H groups in total. The summed E-state index contributed by atoms with van der Waals surface area (Å²) < 4.78 is 10.1. The summed E-state index contributed by atoms with van der Waals surface area (Å²) >= 11 is 0. The van der Waals surface area contributed by atoms with E-state index in [1.54, 1.807) is 7.11 Å². The molecule has 4 heteroatoms. The van der Waals surface area contributed by atoms with E-state index < -0.39 is 5.54 Å². The van der Waals surface area contributed by atoms with Gasteiger partial charge in [-0.25, -0.2) is 0 Å². The van der Waals surface area contributed by atoms with Gasteiger partial charge in [0, 0.05) is 6.04 Å². The molecule has 0 fully saturated rings. The summed E-state index contributed by atoms with van der Waals surface area (Å²) in [4.78, 5) is 12.1. The van der Waals surface area contributed by atoms with Gasteiger partial charge in [-0.3, -0.25) is 10.1 Å². The van der Waals surface area contributed by atoms with Crippen LogP contribution in [0.15, 0.2) is 24.3 Å². The molecular formula is C17H27NO3. The Morgan fingerprint density at radius 1 is 1.29 bits per heavy atom. The van der Waals surface area contributed by atoms with Gasteiger partial charge < -0.3 is 9.47 Å². The molecule has 2 atom stereocenters. The summed E-state index contributed by atoms with van der Waals surface area (Å²) in [5.41, 5.74) is 0.515. The fraction of sp³-hybridized carbons (Fsp3) is 0.588. The van der Waals surface area contributed by atoms with Crippen LogP contribution >= 0.6 is 0 Å². The second kappa shape index (κ2) is 8.03. The van der Waals surface area contributed by atoms with E-state index in [0.717, 1.165) is 18.6 Å². The van der Waals surface area contributed by atoms with Gasteiger partial charge in [0.25, 0.3) is 0 Å². The Bertz CT molecular complexity index is 444. The van der Waals surface area contributed by atoms with Crippen molar-refractivity contribution in [2.75, 3.05) is 14.2 Å². The number of carbonyl (C=O) groups excluding carboxylic acids is 1. The minimum absolute atomic E-state index is 0.212. The van der Waals surface area contributed by atoms with Crippen LogP contribution < -0.4 is 10.1 Å². The van der Waals surface area contributed by atoms with Crippen molar-refractivity contribution in [1.82, 2.24) is 5.32 Å². The molecule has 1 aromatic rings. The Hall–Kier alpha value is -1.55. The minimum atomic E-state index is -0.663. The van der Waals surface area contributed by atoms with E-state index in [1.165, 1.54) is 12.7 Å². The standard InChI is InChI=1S/C17H27NO3/c1-6-13(2)18-17(3,16(19)21-5)12-11-14-7-9-15(20-4)10-8-14/h7-10,13,18H,6,11-12H2,1-5H3. The average molecular weight is 293 g/mol. The molecule has 0 aliphatic rings. The third kappa shape index (κ3) is 5.05.